The molecule has 0 fully saturated rings. The molecular weight excluding hydrogens is 506 g/mol. The van der Waals surface area contributed by atoms with Gasteiger partial charge in [-0.05, 0) is 26.7 Å². The first kappa shape index (κ1) is 35.6. The van der Waals surface area contributed by atoms with Gasteiger partial charge in [-0.25, -0.2) is 0 Å². The first-order valence-corrected chi connectivity index (χ1v) is 11.4. The SMILES string of the molecule is CC1=NCC[N-]C(C)(C)CC(C)=NCC[N-]C(C)(C)C1.[Ni+2].[O-][Cl+3]([O-])([O-])O.[O-][Cl+3]([O-])([O-])O. The van der Waals surface area contributed by atoms with Gasteiger partial charge in [-0.2, -0.15) is 28.0 Å². The van der Waals surface area contributed by atoms with E-state index in [1.165, 1.54) is 11.4 Å². The Bertz CT molecular complexity index is 493. The van der Waals surface area contributed by atoms with E-state index in [1.807, 2.05) is 0 Å². The van der Waals surface area contributed by atoms with E-state index in [0.717, 1.165) is 39.0 Å². The normalized spacial score (nSPS) is 20.2. The van der Waals surface area contributed by atoms with Crippen molar-refractivity contribution >= 4 is 11.4 Å². The van der Waals surface area contributed by atoms with Crippen LogP contribution < -0.4 is 28.0 Å². The molecule has 0 amide bonds. The van der Waals surface area contributed by atoms with E-state index < -0.39 is 20.5 Å². The molecule has 0 atom stereocenters. The van der Waals surface area contributed by atoms with Crippen molar-refractivity contribution in [3.05, 3.63) is 10.6 Å². The summed E-state index contributed by atoms with van der Waals surface area (Å²) in [6.07, 6.45) is 1.83. The second-order valence-corrected chi connectivity index (χ2v) is 9.35. The molecule has 0 bridgehead atoms. The molecule has 1 aliphatic heterocycles. The number of halogens is 2. The van der Waals surface area contributed by atoms with E-state index in [2.05, 4.69) is 51.5 Å². The standard InChI is InChI=1S/C16H30N4.2ClHO4.Ni/c1-13-11-15(3,4)19-10-8-18-14(2)12-16(5,6)20-9-7-17-13;2*2-1(3,4)5;/h7-12H2,1-6H3;2*(H,2,3,4,5);/q-2;;;+2. The fraction of sp³-hybridized carbons (Fsp3) is 0.875. The van der Waals surface area contributed by atoms with Crippen LogP contribution in [0.4, 0.5) is 0 Å². The van der Waals surface area contributed by atoms with Gasteiger partial charge in [0.25, 0.3) is 0 Å². The van der Waals surface area contributed by atoms with Crippen LogP contribution in [0.25, 0.3) is 10.6 Å². The van der Waals surface area contributed by atoms with Crippen LogP contribution in [-0.2, 0) is 16.5 Å². The van der Waals surface area contributed by atoms with E-state index in [1.54, 1.807) is 0 Å². The number of aliphatic imine (C=N–C) groups is 2. The third kappa shape index (κ3) is 34.8. The molecule has 0 radical (unpaired) electrons. The molecule has 15 heteroatoms. The van der Waals surface area contributed by atoms with Crippen LogP contribution in [0.2, 0.25) is 0 Å². The summed E-state index contributed by atoms with van der Waals surface area (Å²) in [6.45, 7) is 16.0. The summed E-state index contributed by atoms with van der Waals surface area (Å²) < 4.78 is 65.4. The smallest absolute Gasteiger partial charge is 0.655 e. The van der Waals surface area contributed by atoms with Crippen molar-refractivity contribution in [2.75, 3.05) is 26.2 Å². The largest absolute Gasteiger partial charge is 2.00 e. The van der Waals surface area contributed by atoms with Gasteiger partial charge in [0, 0.05) is 24.5 Å². The Morgan fingerprint density at radius 3 is 1.16 bits per heavy atom. The first-order valence-electron chi connectivity index (χ1n) is 8.84. The zero-order valence-corrected chi connectivity index (χ0v) is 20.9. The second-order valence-electron chi connectivity index (χ2n) is 7.77. The molecule has 1 aliphatic rings. The Morgan fingerprint density at radius 1 is 0.710 bits per heavy atom. The summed E-state index contributed by atoms with van der Waals surface area (Å²) in [7, 11) is -9.39. The molecule has 0 spiro atoms. The Balaban J connectivity index is -0.000000595. The van der Waals surface area contributed by atoms with Crippen molar-refractivity contribution in [3.63, 3.8) is 0 Å². The van der Waals surface area contributed by atoms with Crippen LogP contribution in [0.1, 0.15) is 54.4 Å². The summed E-state index contributed by atoms with van der Waals surface area (Å²) in [5.41, 5.74) is 2.25. The molecule has 1 heterocycles. The van der Waals surface area contributed by atoms with E-state index in [-0.39, 0.29) is 27.6 Å². The summed E-state index contributed by atoms with van der Waals surface area (Å²) >= 11 is 0. The number of hydrogen-bond donors (Lipinski definition) is 2. The molecule has 0 saturated carbocycles. The molecule has 0 aromatic carbocycles. The molecule has 0 aromatic heterocycles. The van der Waals surface area contributed by atoms with Crippen LogP contribution >= 0.6 is 0 Å². The molecule has 0 aliphatic carbocycles. The summed E-state index contributed by atoms with van der Waals surface area (Å²) in [6, 6.07) is 0. The summed E-state index contributed by atoms with van der Waals surface area (Å²) in [4.78, 5) is 9.25. The van der Waals surface area contributed by atoms with Gasteiger partial charge < -0.3 is 10.6 Å². The minimum Gasteiger partial charge on any atom is -0.655 e. The van der Waals surface area contributed by atoms with Crippen LogP contribution in [0.3, 0.4) is 0 Å². The Kier molecular flexibility index (Phi) is 18.1. The summed E-state index contributed by atoms with van der Waals surface area (Å²) in [5, 5.41) is 9.51. The van der Waals surface area contributed by atoms with Crippen molar-refractivity contribution in [2.24, 2.45) is 9.98 Å². The monoisotopic (exact) mass is 536 g/mol. The molecule has 188 valence electrons. The number of rotatable bonds is 0. The zero-order chi connectivity index (χ0) is 24.2. The second kappa shape index (κ2) is 15.8. The minimum atomic E-state index is -4.69. The fourth-order valence-corrected chi connectivity index (χ4v) is 2.66. The van der Waals surface area contributed by atoms with Gasteiger partial charge >= 0.3 is 16.5 Å². The number of hydrogen-bond acceptors (Lipinski definition) is 10. The van der Waals surface area contributed by atoms with Gasteiger partial charge in [0.05, 0.1) is 29.8 Å². The fourth-order valence-electron chi connectivity index (χ4n) is 2.66. The van der Waals surface area contributed by atoms with Gasteiger partial charge in [-0.1, -0.05) is 27.7 Å². The van der Waals surface area contributed by atoms with Gasteiger partial charge in [0.15, 0.2) is 0 Å². The van der Waals surface area contributed by atoms with Crippen LogP contribution in [-0.4, -0.2) is 58.0 Å². The third-order valence-corrected chi connectivity index (χ3v) is 3.42. The topological polar surface area (TPSA) is 232 Å². The first-order chi connectivity index (χ1) is 13.2. The quantitative estimate of drug-likeness (QED) is 0.286. The predicted octanol–water partition coefficient (Wildman–Crippen LogP) is -4.24. The molecule has 31 heavy (non-hydrogen) atoms. The van der Waals surface area contributed by atoms with Gasteiger partial charge in [0.1, 0.15) is 0 Å². The van der Waals surface area contributed by atoms with E-state index in [4.69, 9.17) is 47.9 Å². The maximum Gasteiger partial charge on any atom is 2.00 e. The van der Waals surface area contributed by atoms with Crippen LogP contribution in [0.15, 0.2) is 9.98 Å². The van der Waals surface area contributed by atoms with Crippen molar-refractivity contribution < 1.29 is 74.2 Å². The zero-order valence-electron chi connectivity index (χ0n) is 18.4. The van der Waals surface area contributed by atoms with Gasteiger partial charge in [-0.15, -0.1) is 24.2 Å². The predicted molar refractivity (Wildman–Crippen MR) is 94.2 cm³/mol. The van der Waals surface area contributed by atoms with E-state index in [0.29, 0.717) is 0 Å². The average Bonchev–Trinajstić information content (AvgIpc) is 2.43. The van der Waals surface area contributed by atoms with Crippen molar-refractivity contribution in [1.29, 1.82) is 0 Å². The molecule has 2 N–H and O–H groups in total. The Morgan fingerprint density at radius 2 is 0.935 bits per heavy atom. The van der Waals surface area contributed by atoms with E-state index in [9.17, 15) is 0 Å². The Hall–Kier alpha value is 0.0135. The molecule has 0 unspecified atom stereocenters. The molecule has 0 aromatic rings. The van der Waals surface area contributed by atoms with Gasteiger partial charge in [0.2, 0.25) is 0 Å². The molecular formula is C16H32Cl2N4NiO8. The van der Waals surface area contributed by atoms with Gasteiger partial charge in [-0.3, -0.25) is 9.98 Å². The van der Waals surface area contributed by atoms with E-state index >= 15 is 0 Å². The van der Waals surface area contributed by atoms with Crippen LogP contribution in [0.5, 0.6) is 0 Å². The molecule has 0 saturated heterocycles. The van der Waals surface area contributed by atoms with Crippen molar-refractivity contribution in [2.45, 2.75) is 65.5 Å². The Labute approximate surface area is 197 Å². The average molecular weight is 538 g/mol. The van der Waals surface area contributed by atoms with Crippen molar-refractivity contribution in [1.82, 2.24) is 0 Å². The minimum absolute atomic E-state index is 0. The van der Waals surface area contributed by atoms with Crippen LogP contribution in [0, 0.1) is 20.5 Å². The maximum absolute atomic E-state index is 8.60. The summed E-state index contributed by atoms with van der Waals surface area (Å²) in [5.74, 6) is 0. The van der Waals surface area contributed by atoms with Crippen molar-refractivity contribution in [3.8, 4) is 0 Å². The molecule has 1 rings (SSSR count). The maximum atomic E-state index is 8.60. The molecule has 12 nitrogen and oxygen atoms in total. The third-order valence-electron chi connectivity index (χ3n) is 3.42. The number of nitrogens with zero attached hydrogens (tertiary/aromatic N) is 4.